The summed E-state index contributed by atoms with van der Waals surface area (Å²) in [6.07, 6.45) is 2.39. The average molecular weight is 553 g/mol. The Balaban J connectivity index is 2.15. The Bertz CT molecular complexity index is 1060. The summed E-state index contributed by atoms with van der Waals surface area (Å²) in [5.74, 6) is -0.409. The summed E-state index contributed by atoms with van der Waals surface area (Å²) in [5.41, 5.74) is 1.46. The Kier molecular flexibility index (Phi) is 10.6. The van der Waals surface area contributed by atoms with Gasteiger partial charge in [-0.25, -0.2) is 8.42 Å². The van der Waals surface area contributed by atoms with Gasteiger partial charge in [0, 0.05) is 30.0 Å². The molecule has 34 heavy (non-hydrogen) atoms. The number of anilines is 1. The summed E-state index contributed by atoms with van der Waals surface area (Å²) in [6.45, 7) is 6.09. The number of carbonyl (C=O) groups excluding carboxylic acids is 2. The fourth-order valence-electron chi connectivity index (χ4n) is 3.48. The van der Waals surface area contributed by atoms with E-state index in [9.17, 15) is 18.0 Å². The zero-order chi connectivity index (χ0) is 25.3. The highest BCUT2D eigenvalue weighted by Crippen LogP contribution is 2.19. The standard InChI is InChI=1S/C25H34BrN3O4S/c1-5-19(2)27-25(31)20(3)28(18-21-11-9-12-22(26)17-21)24(30)15-10-16-29(34(4,32)33)23-13-7-6-8-14-23/h6-9,11-14,17,19-20H,5,10,15-16,18H2,1-4H3,(H,27,31). The van der Waals surface area contributed by atoms with Gasteiger partial charge in [0.05, 0.1) is 11.9 Å². The molecule has 2 aromatic carbocycles. The first-order valence-electron chi connectivity index (χ1n) is 11.4. The number of halogens is 1. The molecule has 9 heteroatoms. The second-order valence-electron chi connectivity index (χ2n) is 8.42. The van der Waals surface area contributed by atoms with Crippen molar-refractivity contribution in [3.8, 4) is 0 Å². The molecule has 0 saturated heterocycles. The number of carbonyl (C=O) groups is 2. The molecule has 2 atom stereocenters. The van der Waals surface area contributed by atoms with Crippen LogP contribution in [-0.4, -0.2) is 50.0 Å². The van der Waals surface area contributed by atoms with E-state index in [-0.39, 0.29) is 37.4 Å². The van der Waals surface area contributed by atoms with Crippen LogP contribution >= 0.6 is 15.9 Å². The molecule has 2 amide bonds. The first kappa shape index (κ1) is 27.9. The number of sulfonamides is 1. The molecule has 0 aliphatic carbocycles. The topological polar surface area (TPSA) is 86.8 Å². The molecule has 0 bridgehead atoms. The van der Waals surface area contributed by atoms with Crippen LogP contribution in [0.25, 0.3) is 0 Å². The van der Waals surface area contributed by atoms with Crippen molar-refractivity contribution in [1.29, 1.82) is 0 Å². The molecular weight excluding hydrogens is 518 g/mol. The van der Waals surface area contributed by atoms with E-state index in [4.69, 9.17) is 0 Å². The third-order valence-electron chi connectivity index (χ3n) is 5.61. The van der Waals surface area contributed by atoms with Gasteiger partial charge in [-0.2, -0.15) is 0 Å². The number of benzene rings is 2. The molecular formula is C25H34BrN3O4S. The Morgan fingerprint density at radius 1 is 1.06 bits per heavy atom. The van der Waals surface area contributed by atoms with Crippen molar-refractivity contribution in [3.05, 3.63) is 64.6 Å². The monoisotopic (exact) mass is 551 g/mol. The summed E-state index contributed by atoms with van der Waals surface area (Å²) in [4.78, 5) is 27.6. The van der Waals surface area contributed by atoms with Crippen molar-refractivity contribution in [1.82, 2.24) is 10.2 Å². The lowest BCUT2D eigenvalue weighted by atomic mass is 10.1. The third kappa shape index (κ3) is 8.43. The maximum atomic E-state index is 13.3. The van der Waals surface area contributed by atoms with Gasteiger partial charge in [0.1, 0.15) is 6.04 Å². The smallest absolute Gasteiger partial charge is 0.242 e. The minimum absolute atomic E-state index is 0.00645. The highest BCUT2D eigenvalue weighted by molar-refractivity contribution is 9.10. The van der Waals surface area contributed by atoms with E-state index in [0.717, 1.165) is 22.7 Å². The third-order valence-corrected chi connectivity index (χ3v) is 7.29. The Morgan fingerprint density at radius 2 is 1.74 bits per heavy atom. The van der Waals surface area contributed by atoms with Crippen LogP contribution in [0.2, 0.25) is 0 Å². The highest BCUT2D eigenvalue weighted by atomic mass is 79.9. The minimum atomic E-state index is -3.50. The molecule has 0 saturated carbocycles. The van der Waals surface area contributed by atoms with Crippen molar-refractivity contribution in [3.63, 3.8) is 0 Å². The van der Waals surface area contributed by atoms with Crippen molar-refractivity contribution in [2.75, 3.05) is 17.1 Å². The van der Waals surface area contributed by atoms with Crippen LogP contribution in [0.5, 0.6) is 0 Å². The van der Waals surface area contributed by atoms with Crippen LogP contribution in [0.3, 0.4) is 0 Å². The van der Waals surface area contributed by atoms with Crippen LogP contribution in [-0.2, 0) is 26.2 Å². The van der Waals surface area contributed by atoms with Crippen LogP contribution < -0.4 is 9.62 Å². The van der Waals surface area contributed by atoms with Gasteiger partial charge in [-0.1, -0.05) is 53.2 Å². The van der Waals surface area contributed by atoms with Crippen molar-refractivity contribution < 1.29 is 18.0 Å². The summed E-state index contributed by atoms with van der Waals surface area (Å²) < 4.78 is 26.8. The second-order valence-corrected chi connectivity index (χ2v) is 11.2. The van der Waals surface area contributed by atoms with Gasteiger partial charge in [-0.3, -0.25) is 13.9 Å². The van der Waals surface area contributed by atoms with Gasteiger partial charge in [0.15, 0.2) is 0 Å². The number of hydrogen-bond donors (Lipinski definition) is 1. The van der Waals surface area contributed by atoms with Crippen molar-refractivity contribution >= 4 is 43.5 Å². The molecule has 7 nitrogen and oxygen atoms in total. The predicted molar refractivity (Wildman–Crippen MR) is 140 cm³/mol. The molecule has 2 rings (SSSR count). The van der Waals surface area contributed by atoms with E-state index in [1.165, 1.54) is 4.31 Å². The second kappa shape index (κ2) is 12.9. The van der Waals surface area contributed by atoms with E-state index in [1.54, 1.807) is 36.1 Å². The summed E-state index contributed by atoms with van der Waals surface area (Å²) in [6, 6.07) is 15.8. The SMILES string of the molecule is CCC(C)NC(=O)C(C)N(Cc1cccc(Br)c1)C(=O)CCCN(c1ccccc1)S(C)(=O)=O. The van der Waals surface area contributed by atoms with Crippen LogP contribution in [0.15, 0.2) is 59.1 Å². The summed E-state index contributed by atoms with van der Waals surface area (Å²) in [5, 5.41) is 2.95. The maximum Gasteiger partial charge on any atom is 0.242 e. The number of rotatable bonds is 12. The molecule has 0 fully saturated rings. The molecule has 186 valence electrons. The van der Waals surface area contributed by atoms with Crippen molar-refractivity contribution in [2.24, 2.45) is 0 Å². The summed E-state index contributed by atoms with van der Waals surface area (Å²) >= 11 is 3.45. The molecule has 1 N–H and O–H groups in total. The first-order chi connectivity index (χ1) is 16.0. The number of para-hydroxylation sites is 1. The summed E-state index contributed by atoms with van der Waals surface area (Å²) in [7, 11) is -3.50. The number of amides is 2. The van der Waals surface area contributed by atoms with E-state index < -0.39 is 16.1 Å². The molecule has 0 aliphatic heterocycles. The van der Waals surface area contributed by atoms with Crippen molar-refractivity contribution in [2.45, 2.75) is 58.7 Å². The Morgan fingerprint density at radius 3 is 2.32 bits per heavy atom. The fourth-order valence-corrected chi connectivity index (χ4v) is 4.89. The van der Waals surface area contributed by atoms with Gasteiger partial charge in [-0.05, 0) is 56.5 Å². The largest absolute Gasteiger partial charge is 0.352 e. The van der Waals surface area contributed by atoms with E-state index in [1.807, 2.05) is 44.2 Å². The first-order valence-corrected chi connectivity index (χ1v) is 14.0. The average Bonchev–Trinajstić information content (AvgIpc) is 2.79. The number of hydrogen-bond acceptors (Lipinski definition) is 4. The molecule has 0 heterocycles. The molecule has 0 aromatic heterocycles. The Hall–Kier alpha value is -2.39. The molecule has 2 aromatic rings. The minimum Gasteiger partial charge on any atom is -0.352 e. The van der Waals surface area contributed by atoms with Gasteiger partial charge in [-0.15, -0.1) is 0 Å². The number of nitrogens with zero attached hydrogens (tertiary/aromatic N) is 2. The van der Waals surface area contributed by atoms with Gasteiger partial charge in [0.25, 0.3) is 0 Å². The highest BCUT2D eigenvalue weighted by Gasteiger charge is 2.27. The van der Waals surface area contributed by atoms with Gasteiger partial charge in [0.2, 0.25) is 21.8 Å². The quantitative estimate of drug-likeness (QED) is 0.425. The van der Waals surface area contributed by atoms with Crippen LogP contribution in [0.1, 0.15) is 45.6 Å². The zero-order valence-corrected chi connectivity index (χ0v) is 22.6. The van der Waals surface area contributed by atoms with Gasteiger partial charge >= 0.3 is 0 Å². The zero-order valence-electron chi connectivity index (χ0n) is 20.2. The Labute approximate surface area is 211 Å². The lowest BCUT2D eigenvalue weighted by molar-refractivity contribution is -0.140. The van der Waals surface area contributed by atoms with E-state index in [2.05, 4.69) is 21.2 Å². The fraction of sp³-hybridized carbons (Fsp3) is 0.440. The number of nitrogens with one attached hydrogen (secondary N) is 1. The molecule has 0 radical (unpaired) electrons. The molecule has 2 unspecified atom stereocenters. The predicted octanol–water partition coefficient (Wildman–Crippen LogP) is 4.33. The van der Waals surface area contributed by atoms with E-state index in [0.29, 0.717) is 12.1 Å². The van der Waals surface area contributed by atoms with Gasteiger partial charge < -0.3 is 10.2 Å². The lowest BCUT2D eigenvalue weighted by Crippen LogP contribution is -2.49. The van der Waals surface area contributed by atoms with E-state index >= 15 is 0 Å². The molecule has 0 spiro atoms. The normalized spacial score (nSPS) is 13.1. The van der Waals surface area contributed by atoms with Crippen LogP contribution in [0.4, 0.5) is 5.69 Å². The van der Waals surface area contributed by atoms with Crippen LogP contribution in [0, 0.1) is 0 Å². The molecule has 0 aliphatic rings. The lowest BCUT2D eigenvalue weighted by Gasteiger charge is -2.30. The maximum absolute atomic E-state index is 13.3.